The van der Waals surface area contributed by atoms with Crippen molar-refractivity contribution in [1.29, 1.82) is 0 Å². The van der Waals surface area contributed by atoms with E-state index >= 15 is 0 Å². The van der Waals surface area contributed by atoms with Gasteiger partial charge in [0.05, 0.1) is 37.9 Å². The normalized spacial score (nSPS) is 21.1. The first-order valence-corrected chi connectivity index (χ1v) is 12.9. The van der Waals surface area contributed by atoms with Gasteiger partial charge in [0.25, 0.3) is 5.92 Å². The van der Waals surface area contributed by atoms with Crippen molar-refractivity contribution in [2.24, 2.45) is 11.3 Å². The molecule has 1 spiro atoms. The molecule has 2 aromatic heterocycles. The molecule has 4 aliphatic heterocycles. The number of anilines is 2. The molecule has 7 rings (SSSR count). The molecular weight excluding hydrogens is 502 g/mol. The maximum atomic E-state index is 14.9. The molecule has 6 heterocycles. The third-order valence-corrected chi connectivity index (χ3v) is 8.11. The molecule has 0 unspecified atom stereocenters. The van der Waals surface area contributed by atoms with Gasteiger partial charge in [-0.25, -0.2) is 18.7 Å². The molecule has 1 aromatic carbocycles. The van der Waals surface area contributed by atoms with Crippen LogP contribution in [0.15, 0.2) is 30.5 Å². The van der Waals surface area contributed by atoms with Gasteiger partial charge in [-0.1, -0.05) is 11.6 Å². The van der Waals surface area contributed by atoms with E-state index in [4.69, 9.17) is 16.3 Å². The molecule has 0 amide bonds. The molecule has 3 aromatic rings. The van der Waals surface area contributed by atoms with Gasteiger partial charge in [-0.15, -0.1) is 10.2 Å². The van der Waals surface area contributed by atoms with Crippen molar-refractivity contribution in [3.05, 3.63) is 52.6 Å². The monoisotopic (exact) mass is 528 g/mol. The van der Waals surface area contributed by atoms with Crippen molar-refractivity contribution >= 4 is 23.5 Å². The summed E-state index contributed by atoms with van der Waals surface area (Å²) in [6.07, 6.45) is 1.80. The van der Waals surface area contributed by atoms with Gasteiger partial charge in [0.1, 0.15) is 0 Å². The van der Waals surface area contributed by atoms with Crippen molar-refractivity contribution < 1.29 is 13.5 Å². The van der Waals surface area contributed by atoms with Crippen LogP contribution in [0.25, 0.3) is 5.69 Å². The van der Waals surface area contributed by atoms with Gasteiger partial charge >= 0.3 is 0 Å². The number of aryl methyl sites for hydroxylation is 1. The molecule has 0 bridgehead atoms. The number of hydrogen-bond acceptors (Lipinski definition) is 8. The van der Waals surface area contributed by atoms with Gasteiger partial charge in [-0.05, 0) is 36.8 Å². The Morgan fingerprint density at radius 1 is 1.08 bits per heavy atom. The number of hydrogen-bond donors (Lipinski definition) is 0. The fourth-order valence-corrected chi connectivity index (χ4v) is 6.07. The highest BCUT2D eigenvalue weighted by Gasteiger charge is 2.54. The van der Waals surface area contributed by atoms with Crippen molar-refractivity contribution in [1.82, 2.24) is 29.6 Å². The van der Waals surface area contributed by atoms with E-state index in [2.05, 4.69) is 30.0 Å². The Morgan fingerprint density at radius 2 is 1.86 bits per heavy atom. The second-order valence-corrected chi connectivity index (χ2v) is 11.3. The summed E-state index contributed by atoms with van der Waals surface area (Å²) >= 11 is 6.32. The lowest BCUT2D eigenvalue weighted by Crippen LogP contribution is -2.73. The summed E-state index contributed by atoms with van der Waals surface area (Å²) in [5, 5.41) is 9.56. The van der Waals surface area contributed by atoms with Crippen LogP contribution < -0.4 is 9.80 Å². The lowest BCUT2D eigenvalue weighted by Gasteiger charge is -2.60. The van der Waals surface area contributed by atoms with Gasteiger partial charge in [-0.3, -0.25) is 9.47 Å². The lowest BCUT2D eigenvalue weighted by atomic mass is 9.73. The lowest BCUT2D eigenvalue weighted by molar-refractivity contribution is -0.179. The molecule has 3 saturated heterocycles. The third-order valence-electron chi connectivity index (χ3n) is 7.88. The first kappa shape index (κ1) is 23.2. The molecule has 4 aliphatic rings. The van der Waals surface area contributed by atoms with E-state index in [1.807, 2.05) is 35.8 Å². The van der Waals surface area contributed by atoms with Crippen LogP contribution in [-0.4, -0.2) is 81.5 Å². The summed E-state index contributed by atoms with van der Waals surface area (Å²) in [4.78, 5) is 15.1. The van der Waals surface area contributed by atoms with Gasteiger partial charge in [0, 0.05) is 55.1 Å². The highest BCUT2D eigenvalue weighted by Crippen LogP contribution is 2.44. The number of ether oxygens (including phenoxy) is 1. The fourth-order valence-electron chi connectivity index (χ4n) is 5.87. The van der Waals surface area contributed by atoms with E-state index < -0.39 is 11.8 Å². The zero-order chi connectivity index (χ0) is 25.4. The highest BCUT2D eigenvalue weighted by atomic mass is 35.5. The number of nitrogens with zero attached hydrogens (tertiary/aromatic N) is 8. The number of fused-ring (bicyclic) bond motifs is 3. The molecule has 37 heavy (non-hydrogen) atoms. The minimum Gasteiger partial charge on any atom is -0.380 e. The van der Waals surface area contributed by atoms with E-state index in [0.29, 0.717) is 17.4 Å². The molecule has 12 heteroatoms. The Hall–Kier alpha value is -2.89. The summed E-state index contributed by atoms with van der Waals surface area (Å²) < 4.78 is 36.9. The average Bonchev–Trinajstić information content (AvgIpc) is 3.06. The van der Waals surface area contributed by atoms with E-state index in [0.717, 1.165) is 55.0 Å². The summed E-state index contributed by atoms with van der Waals surface area (Å²) in [5.74, 6) is -1.41. The van der Waals surface area contributed by atoms with Gasteiger partial charge in [-0.2, -0.15) is 0 Å². The van der Waals surface area contributed by atoms with Crippen molar-refractivity contribution in [2.75, 3.05) is 55.7 Å². The molecule has 0 aliphatic carbocycles. The second kappa shape index (κ2) is 8.31. The SMILES string of the molecule is Cc1ccnc(N2CC3(C2)CN(c2nnc4n2-c2ccc(Cl)cc2CN(CC(F)(F)C2COC2)C4)C3)n1. The molecule has 9 nitrogen and oxygen atoms in total. The van der Waals surface area contributed by atoms with Crippen molar-refractivity contribution in [3.63, 3.8) is 0 Å². The predicted octanol–water partition coefficient (Wildman–Crippen LogP) is 2.94. The van der Waals surface area contributed by atoms with Crippen LogP contribution in [-0.2, 0) is 17.8 Å². The van der Waals surface area contributed by atoms with E-state index in [-0.39, 0.29) is 31.7 Å². The standard InChI is InChI=1S/C25H27ClF2N8O/c1-16-4-5-29-22(30-16)34-11-24(12-34)13-35(14-24)23-32-31-21-8-33(15-25(27,28)18-9-37-10-18)7-17-6-19(26)2-3-20(17)36(21)23/h2-6,18H,7-15H2,1H3. The Bertz CT molecular complexity index is 1350. The quantitative estimate of drug-likeness (QED) is 0.500. The van der Waals surface area contributed by atoms with E-state index in [1.165, 1.54) is 0 Å². The van der Waals surface area contributed by atoms with Crippen LogP contribution in [0.4, 0.5) is 20.7 Å². The summed E-state index contributed by atoms with van der Waals surface area (Å²) in [6, 6.07) is 7.52. The Balaban J connectivity index is 1.12. The Labute approximate surface area is 218 Å². The minimum atomic E-state index is -2.84. The molecule has 0 radical (unpaired) electrons. The fraction of sp³-hybridized carbons (Fsp3) is 0.520. The van der Waals surface area contributed by atoms with Crippen LogP contribution in [0.5, 0.6) is 0 Å². The van der Waals surface area contributed by atoms with Crippen LogP contribution in [0.2, 0.25) is 5.02 Å². The zero-order valence-electron chi connectivity index (χ0n) is 20.4. The molecule has 0 saturated carbocycles. The maximum absolute atomic E-state index is 14.9. The van der Waals surface area contributed by atoms with Crippen LogP contribution in [0.3, 0.4) is 0 Å². The summed E-state index contributed by atoms with van der Waals surface area (Å²) in [7, 11) is 0. The highest BCUT2D eigenvalue weighted by molar-refractivity contribution is 6.30. The van der Waals surface area contributed by atoms with Gasteiger partial charge < -0.3 is 14.5 Å². The topological polar surface area (TPSA) is 75.4 Å². The molecule has 3 fully saturated rings. The third kappa shape index (κ3) is 3.95. The largest absolute Gasteiger partial charge is 0.380 e. The number of alkyl halides is 2. The van der Waals surface area contributed by atoms with Crippen LogP contribution >= 0.6 is 11.6 Å². The van der Waals surface area contributed by atoms with E-state index in [1.54, 1.807) is 11.1 Å². The number of benzene rings is 1. The summed E-state index contributed by atoms with van der Waals surface area (Å²) in [5.41, 5.74) is 2.90. The molecule has 0 atom stereocenters. The predicted molar refractivity (Wildman–Crippen MR) is 133 cm³/mol. The second-order valence-electron chi connectivity index (χ2n) is 10.9. The smallest absolute Gasteiger partial charge is 0.267 e. The van der Waals surface area contributed by atoms with E-state index in [9.17, 15) is 8.78 Å². The number of aromatic nitrogens is 5. The Kier molecular flexibility index (Phi) is 5.22. The summed E-state index contributed by atoms with van der Waals surface area (Å²) in [6.45, 7) is 5.94. The van der Waals surface area contributed by atoms with Crippen LogP contribution in [0.1, 0.15) is 17.1 Å². The minimum absolute atomic E-state index is 0.105. The van der Waals surface area contributed by atoms with Crippen molar-refractivity contribution in [2.45, 2.75) is 25.9 Å². The Morgan fingerprint density at radius 3 is 2.59 bits per heavy atom. The van der Waals surface area contributed by atoms with Gasteiger partial charge in [0.15, 0.2) is 5.82 Å². The molecular formula is C25H27ClF2N8O. The van der Waals surface area contributed by atoms with Gasteiger partial charge in [0.2, 0.25) is 11.9 Å². The molecule has 194 valence electrons. The first-order chi connectivity index (χ1) is 17.8. The average molecular weight is 529 g/mol. The number of halogens is 3. The maximum Gasteiger partial charge on any atom is 0.267 e. The number of rotatable bonds is 5. The first-order valence-electron chi connectivity index (χ1n) is 12.5. The zero-order valence-corrected chi connectivity index (χ0v) is 21.2. The van der Waals surface area contributed by atoms with Crippen molar-refractivity contribution in [3.8, 4) is 5.69 Å². The van der Waals surface area contributed by atoms with Crippen LogP contribution in [0, 0.1) is 18.3 Å². The molecule has 0 N–H and O–H groups in total.